The molecular formula is C69H117NO10. The number of amides is 1. The van der Waals surface area contributed by atoms with Gasteiger partial charge in [0, 0.05) is 6.42 Å². The Morgan fingerprint density at radius 3 is 1.49 bits per heavy atom. The van der Waals surface area contributed by atoms with E-state index in [9.17, 15) is 35.1 Å². The Morgan fingerprint density at radius 2 is 0.950 bits per heavy atom. The van der Waals surface area contributed by atoms with Gasteiger partial charge in [-0.2, -0.15) is 0 Å². The van der Waals surface area contributed by atoms with Crippen LogP contribution < -0.4 is 5.32 Å². The highest BCUT2D eigenvalue weighted by Crippen LogP contribution is 2.26. The zero-order chi connectivity index (χ0) is 58.2. The summed E-state index contributed by atoms with van der Waals surface area (Å²) in [5.41, 5.74) is 0. The molecule has 0 bridgehead atoms. The van der Waals surface area contributed by atoms with E-state index >= 15 is 0 Å². The molecule has 6 N–H and O–H groups in total. The predicted octanol–water partition coefficient (Wildman–Crippen LogP) is 15.7. The number of esters is 1. The number of nitrogens with one attached hydrogen (secondary N) is 1. The van der Waals surface area contributed by atoms with Crippen LogP contribution in [0, 0.1) is 0 Å². The zero-order valence-electron chi connectivity index (χ0n) is 50.7. The molecule has 1 heterocycles. The normalized spacial score (nSPS) is 19.5. The first-order valence-electron chi connectivity index (χ1n) is 32.2. The van der Waals surface area contributed by atoms with E-state index in [1.807, 2.05) is 42.5 Å². The van der Waals surface area contributed by atoms with Gasteiger partial charge in [0.1, 0.15) is 24.4 Å². The molecule has 1 amide bonds. The van der Waals surface area contributed by atoms with E-state index in [1.54, 1.807) is 6.08 Å². The van der Waals surface area contributed by atoms with Crippen LogP contribution in [0.3, 0.4) is 0 Å². The first-order valence-corrected chi connectivity index (χ1v) is 32.2. The van der Waals surface area contributed by atoms with Gasteiger partial charge in [0.05, 0.1) is 25.4 Å². The van der Waals surface area contributed by atoms with E-state index in [-0.39, 0.29) is 19.4 Å². The summed E-state index contributed by atoms with van der Waals surface area (Å²) in [5, 5.41) is 57.0. The Morgan fingerprint density at radius 1 is 0.512 bits per heavy atom. The number of unbranched alkanes of at least 4 members (excludes halogenated alkanes) is 26. The maximum absolute atomic E-state index is 13.5. The van der Waals surface area contributed by atoms with E-state index in [1.165, 1.54) is 89.9 Å². The van der Waals surface area contributed by atoms with Gasteiger partial charge in [-0.25, -0.2) is 0 Å². The van der Waals surface area contributed by atoms with Gasteiger partial charge in [0.25, 0.3) is 0 Å². The number of carbonyl (C=O) groups excluding carboxylic acids is 2. The topological polar surface area (TPSA) is 175 Å². The van der Waals surface area contributed by atoms with Crippen molar-refractivity contribution >= 4 is 11.9 Å². The number of allylic oxidation sites excluding steroid dienone is 17. The second kappa shape index (κ2) is 55.8. The van der Waals surface area contributed by atoms with Gasteiger partial charge >= 0.3 is 5.97 Å². The van der Waals surface area contributed by atoms with E-state index in [0.29, 0.717) is 12.8 Å². The number of rotatable bonds is 53. The molecule has 0 saturated carbocycles. The molecule has 8 unspecified atom stereocenters. The largest absolute Gasteiger partial charge is 0.454 e. The molecule has 1 aliphatic heterocycles. The summed E-state index contributed by atoms with van der Waals surface area (Å²) < 4.78 is 17.6. The van der Waals surface area contributed by atoms with Gasteiger partial charge in [0.2, 0.25) is 5.91 Å². The molecule has 11 nitrogen and oxygen atoms in total. The van der Waals surface area contributed by atoms with Crippen molar-refractivity contribution < 1.29 is 49.3 Å². The van der Waals surface area contributed by atoms with Crippen LogP contribution in [-0.2, 0) is 23.8 Å². The highest BCUT2D eigenvalue weighted by atomic mass is 16.7. The molecule has 80 heavy (non-hydrogen) atoms. The Labute approximate surface area is 488 Å². The van der Waals surface area contributed by atoms with Gasteiger partial charge in [-0.05, 0) is 89.9 Å². The van der Waals surface area contributed by atoms with Crippen molar-refractivity contribution in [1.29, 1.82) is 0 Å². The first kappa shape index (κ1) is 74.3. The third kappa shape index (κ3) is 43.1. The van der Waals surface area contributed by atoms with Crippen molar-refractivity contribution in [1.82, 2.24) is 5.32 Å². The van der Waals surface area contributed by atoms with Crippen molar-refractivity contribution in [3.05, 3.63) is 109 Å². The lowest BCUT2D eigenvalue weighted by Gasteiger charge is -2.41. The quantitative estimate of drug-likeness (QED) is 0.0149. The average molecular weight is 1120 g/mol. The van der Waals surface area contributed by atoms with Crippen LogP contribution in [0.15, 0.2) is 109 Å². The Bertz CT molecular complexity index is 1710. The van der Waals surface area contributed by atoms with Crippen molar-refractivity contribution in [2.24, 2.45) is 0 Å². The summed E-state index contributed by atoms with van der Waals surface area (Å²) in [6.07, 6.45) is 65.5. The third-order valence-corrected chi connectivity index (χ3v) is 14.5. The molecule has 0 radical (unpaired) electrons. The number of hydrogen-bond donors (Lipinski definition) is 6. The highest BCUT2D eigenvalue weighted by molar-refractivity contribution is 5.80. The van der Waals surface area contributed by atoms with Crippen LogP contribution in [0.2, 0.25) is 0 Å². The molecule has 0 aliphatic carbocycles. The van der Waals surface area contributed by atoms with Crippen molar-refractivity contribution in [2.75, 3.05) is 13.2 Å². The van der Waals surface area contributed by atoms with Gasteiger partial charge in [-0.15, -0.1) is 0 Å². The smallest absolute Gasteiger partial charge is 0.306 e. The molecule has 0 aromatic heterocycles. The van der Waals surface area contributed by atoms with Crippen LogP contribution >= 0.6 is 0 Å². The molecule has 0 aromatic rings. The van der Waals surface area contributed by atoms with E-state index in [2.05, 4.69) is 86.8 Å². The van der Waals surface area contributed by atoms with Gasteiger partial charge < -0.3 is 45.1 Å². The molecule has 458 valence electrons. The van der Waals surface area contributed by atoms with E-state index in [4.69, 9.17) is 14.2 Å². The summed E-state index contributed by atoms with van der Waals surface area (Å²) in [6, 6.07) is -1.04. The Balaban J connectivity index is 2.65. The van der Waals surface area contributed by atoms with Crippen LogP contribution in [0.1, 0.15) is 252 Å². The molecule has 0 aromatic carbocycles. The molecule has 8 atom stereocenters. The van der Waals surface area contributed by atoms with E-state index < -0.39 is 67.4 Å². The maximum Gasteiger partial charge on any atom is 0.306 e. The lowest BCUT2D eigenvalue weighted by molar-refractivity contribution is -0.305. The van der Waals surface area contributed by atoms with E-state index in [0.717, 1.165) is 116 Å². The standard InChI is InChI=1S/C69H117NO10/c1-4-7-10-13-16-19-22-25-27-28-29-30-31-32-33-34-35-37-38-41-44-47-50-53-56-62(73)68(77)70-60(61(72)55-52-49-46-43-40-24-21-18-15-12-9-6-3)59-78-69-67(66(76)65(75)63(58-71)79-69)80-64(74)57-54-51-48-45-42-39-36-26-23-20-17-14-11-8-5-2/h8,11,14,16-17,19-20,23,25-27,29-30,32-33,36,52,55,60-63,65-67,69,71-73,75-76H,4-7,9-10,12-13,15,18,21-22,24,28,31,34-35,37-51,53-54,56-59H2,1-3H3,(H,70,77)/b11-8+,17-14+,19-16-,23-20+,27-25-,30-29-,33-32-,36-26-,55-52+. The Hall–Kier alpha value is -3.68. The SMILES string of the molecule is CC/C=C/C=C/C=C/C=C\CCCCCCCC(=O)OC1C(OCC(NC(=O)C(O)CCCCCCCCCC/C=C\C/C=C\C/C=C\C/C=C\CCCCC)C(O)/C=C/CCCCCCCCCCCC)OC(CO)C(O)C1O. The number of ether oxygens (including phenoxy) is 3. The minimum Gasteiger partial charge on any atom is -0.454 e. The fourth-order valence-electron chi connectivity index (χ4n) is 9.41. The third-order valence-electron chi connectivity index (χ3n) is 14.5. The van der Waals surface area contributed by atoms with Crippen LogP contribution in [0.25, 0.3) is 0 Å². The van der Waals surface area contributed by atoms with Crippen LogP contribution in [0.4, 0.5) is 0 Å². The molecule has 1 fully saturated rings. The van der Waals surface area contributed by atoms with Crippen molar-refractivity contribution in [3.8, 4) is 0 Å². The number of hydrogen-bond acceptors (Lipinski definition) is 10. The minimum absolute atomic E-state index is 0.0913. The molecular weight excluding hydrogens is 1000 g/mol. The lowest BCUT2D eigenvalue weighted by atomic mass is 9.99. The first-order chi connectivity index (χ1) is 39.2. The summed E-state index contributed by atoms with van der Waals surface area (Å²) >= 11 is 0. The number of aliphatic hydroxyl groups is 5. The monoisotopic (exact) mass is 1120 g/mol. The molecule has 1 aliphatic rings. The van der Waals surface area contributed by atoms with Crippen LogP contribution in [0.5, 0.6) is 0 Å². The van der Waals surface area contributed by atoms with Gasteiger partial charge in [0.15, 0.2) is 12.4 Å². The minimum atomic E-state index is -1.63. The summed E-state index contributed by atoms with van der Waals surface area (Å²) in [4.78, 5) is 26.6. The predicted molar refractivity (Wildman–Crippen MR) is 333 cm³/mol. The van der Waals surface area contributed by atoms with Gasteiger partial charge in [-0.1, -0.05) is 265 Å². The van der Waals surface area contributed by atoms with Gasteiger partial charge in [-0.3, -0.25) is 9.59 Å². The number of aliphatic hydroxyl groups excluding tert-OH is 5. The second-order valence-electron chi connectivity index (χ2n) is 21.8. The van der Waals surface area contributed by atoms with Crippen LogP contribution in [-0.4, -0.2) is 99.6 Å². The fourth-order valence-corrected chi connectivity index (χ4v) is 9.41. The van der Waals surface area contributed by atoms with Crippen molar-refractivity contribution in [3.63, 3.8) is 0 Å². The second-order valence-corrected chi connectivity index (χ2v) is 21.8. The Kier molecular flexibility index (Phi) is 51.9. The highest BCUT2D eigenvalue weighted by Gasteiger charge is 2.47. The fraction of sp³-hybridized carbons (Fsp3) is 0.710. The lowest BCUT2D eigenvalue weighted by Crippen LogP contribution is -2.61. The maximum atomic E-state index is 13.5. The molecule has 0 spiro atoms. The number of carbonyl (C=O) groups is 2. The summed E-state index contributed by atoms with van der Waals surface area (Å²) in [6.45, 7) is 5.60. The molecule has 11 heteroatoms. The molecule has 1 rings (SSSR count). The zero-order valence-corrected chi connectivity index (χ0v) is 50.7. The summed E-state index contributed by atoms with van der Waals surface area (Å²) in [7, 11) is 0. The van der Waals surface area contributed by atoms with Crippen molar-refractivity contribution in [2.45, 2.75) is 301 Å². The summed E-state index contributed by atoms with van der Waals surface area (Å²) in [5.74, 6) is -1.23. The average Bonchev–Trinajstić information content (AvgIpc) is 3.48. The molecule has 1 saturated heterocycles.